The fourth-order valence-electron chi connectivity index (χ4n) is 1.66. The Morgan fingerprint density at radius 1 is 1.47 bits per heavy atom. The van der Waals surface area contributed by atoms with Gasteiger partial charge in [0.15, 0.2) is 0 Å². The molecule has 0 aliphatic heterocycles. The molecule has 1 N–H and O–H groups in total. The van der Waals surface area contributed by atoms with Gasteiger partial charge in [0.2, 0.25) is 10.0 Å². The Kier molecular flexibility index (Phi) is 5.04. The Hall–Kier alpha value is -0.520. The van der Waals surface area contributed by atoms with Crippen LogP contribution >= 0.6 is 11.6 Å². The van der Waals surface area contributed by atoms with Gasteiger partial charge in [-0.15, -0.1) is 11.6 Å². The number of H-pyrrole nitrogens is 1. The highest BCUT2D eigenvalue weighted by Gasteiger charge is 2.26. The number of aromatic amines is 1. The maximum atomic E-state index is 12.4. The lowest BCUT2D eigenvalue weighted by molar-refractivity contribution is 0.354. The van der Waals surface area contributed by atoms with Crippen LogP contribution in [-0.2, 0) is 15.9 Å². The van der Waals surface area contributed by atoms with Crippen molar-refractivity contribution in [3.63, 3.8) is 0 Å². The maximum absolute atomic E-state index is 12.4. The maximum Gasteiger partial charge on any atom is 0.244 e. The molecule has 0 spiro atoms. The second kappa shape index (κ2) is 5.89. The molecule has 6 heteroatoms. The normalized spacial score (nSPS) is 12.6. The van der Waals surface area contributed by atoms with E-state index in [2.05, 4.69) is 4.98 Å². The molecular weight excluding hydrogens is 260 g/mol. The first-order valence-electron chi connectivity index (χ1n) is 5.68. The Morgan fingerprint density at radius 2 is 2.12 bits per heavy atom. The molecule has 0 fully saturated rings. The van der Waals surface area contributed by atoms with E-state index in [0.29, 0.717) is 12.2 Å². The first kappa shape index (κ1) is 14.5. The van der Waals surface area contributed by atoms with Gasteiger partial charge in [-0.25, -0.2) is 8.42 Å². The average molecular weight is 279 g/mol. The van der Waals surface area contributed by atoms with Crippen molar-refractivity contribution in [3.05, 3.63) is 18.0 Å². The fraction of sp³-hybridized carbons (Fsp3) is 0.636. The van der Waals surface area contributed by atoms with Crippen molar-refractivity contribution < 1.29 is 8.42 Å². The first-order chi connectivity index (χ1) is 7.93. The standard InChI is InChI=1S/C11H19ClN2O2S/c1-4-5-14(9(2)3)17(15,16)11-6-10(7-12)13-8-11/h6,8-9,13H,4-5,7H2,1-3H3. The number of rotatable bonds is 6. The summed E-state index contributed by atoms with van der Waals surface area (Å²) in [5.74, 6) is 0.283. The van der Waals surface area contributed by atoms with E-state index in [9.17, 15) is 8.42 Å². The molecule has 4 nitrogen and oxygen atoms in total. The highest BCUT2D eigenvalue weighted by Crippen LogP contribution is 2.20. The Labute approximate surface area is 108 Å². The minimum Gasteiger partial charge on any atom is -0.363 e. The van der Waals surface area contributed by atoms with Crippen LogP contribution in [-0.4, -0.2) is 30.3 Å². The van der Waals surface area contributed by atoms with Gasteiger partial charge in [-0.05, 0) is 26.3 Å². The van der Waals surface area contributed by atoms with Crippen LogP contribution in [0.5, 0.6) is 0 Å². The Morgan fingerprint density at radius 3 is 2.53 bits per heavy atom. The highest BCUT2D eigenvalue weighted by molar-refractivity contribution is 7.89. The number of nitrogens with zero attached hydrogens (tertiary/aromatic N) is 1. The number of halogens is 1. The second-order valence-electron chi connectivity index (χ2n) is 4.20. The summed E-state index contributed by atoms with van der Waals surface area (Å²) >= 11 is 5.65. The monoisotopic (exact) mass is 278 g/mol. The molecule has 0 saturated carbocycles. The molecule has 0 amide bonds. The zero-order valence-corrected chi connectivity index (χ0v) is 12.0. The minimum atomic E-state index is -3.41. The van der Waals surface area contributed by atoms with Gasteiger partial charge in [0.1, 0.15) is 0 Å². The van der Waals surface area contributed by atoms with Crippen LogP contribution in [0.15, 0.2) is 17.2 Å². The molecule has 1 aromatic rings. The lowest BCUT2D eigenvalue weighted by Gasteiger charge is -2.24. The number of sulfonamides is 1. The van der Waals surface area contributed by atoms with E-state index in [1.54, 1.807) is 6.07 Å². The topological polar surface area (TPSA) is 53.2 Å². The van der Waals surface area contributed by atoms with Gasteiger partial charge in [-0.2, -0.15) is 4.31 Å². The number of hydrogen-bond acceptors (Lipinski definition) is 2. The summed E-state index contributed by atoms with van der Waals surface area (Å²) in [6, 6.07) is 1.54. The van der Waals surface area contributed by atoms with Gasteiger partial charge in [0.05, 0.1) is 10.8 Å². The van der Waals surface area contributed by atoms with Crippen LogP contribution in [0.3, 0.4) is 0 Å². The molecule has 17 heavy (non-hydrogen) atoms. The van der Waals surface area contributed by atoms with E-state index in [1.165, 1.54) is 10.5 Å². The number of alkyl halides is 1. The summed E-state index contributed by atoms with van der Waals surface area (Å²) < 4.78 is 26.2. The number of hydrogen-bond donors (Lipinski definition) is 1. The average Bonchev–Trinajstić information content (AvgIpc) is 2.74. The zero-order chi connectivity index (χ0) is 13.1. The molecule has 0 bridgehead atoms. The van der Waals surface area contributed by atoms with Crippen molar-refractivity contribution in [3.8, 4) is 0 Å². The largest absolute Gasteiger partial charge is 0.363 e. The van der Waals surface area contributed by atoms with E-state index < -0.39 is 10.0 Å². The van der Waals surface area contributed by atoms with Gasteiger partial charge < -0.3 is 4.98 Å². The molecule has 98 valence electrons. The third kappa shape index (κ3) is 3.24. The van der Waals surface area contributed by atoms with E-state index >= 15 is 0 Å². The third-order valence-corrected chi connectivity index (χ3v) is 4.83. The smallest absolute Gasteiger partial charge is 0.244 e. The SMILES string of the molecule is CCCN(C(C)C)S(=O)(=O)c1c[nH]c(CCl)c1. The van der Waals surface area contributed by atoms with Gasteiger partial charge in [-0.1, -0.05) is 6.92 Å². The van der Waals surface area contributed by atoms with Crippen molar-refractivity contribution in [2.24, 2.45) is 0 Å². The molecule has 0 saturated heterocycles. The molecule has 1 aromatic heterocycles. The van der Waals surface area contributed by atoms with Crippen molar-refractivity contribution in [1.82, 2.24) is 9.29 Å². The van der Waals surface area contributed by atoms with E-state index in [-0.39, 0.29) is 16.8 Å². The molecule has 0 aliphatic carbocycles. The van der Waals surface area contributed by atoms with Crippen molar-refractivity contribution >= 4 is 21.6 Å². The summed E-state index contributed by atoms with van der Waals surface area (Å²) in [4.78, 5) is 3.15. The predicted octanol–water partition coefficient (Wildman–Crippen LogP) is 2.56. The van der Waals surface area contributed by atoms with Gasteiger partial charge in [0.25, 0.3) is 0 Å². The summed E-state index contributed by atoms with van der Waals surface area (Å²) in [5, 5.41) is 0. The molecule has 0 aromatic carbocycles. The lowest BCUT2D eigenvalue weighted by atomic mass is 10.4. The molecule has 1 heterocycles. The summed E-state index contributed by atoms with van der Waals surface area (Å²) in [7, 11) is -3.41. The summed E-state index contributed by atoms with van der Waals surface area (Å²) in [6.07, 6.45) is 2.29. The minimum absolute atomic E-state index is 0.0469. The molecule has 0 aliphatic rings. The van der Waals surface area contributed by atoms with Gasteiger partial charge in [-0.3, -0.25) is 0 Å². The number of aromatic nitrogens is 1. The van der Waals surface area contributed by atoms with E-state index in [4.69, 9.17) is 11.6 Å². The Bertz CT molecular complexity index is 454. The summed E-state index contributed by atoms with van der Waals surface area (Å²) in [5.41, 5.74) is 0.713. The van der Waals surface area contributed by atoms with Crippen molar-refractivity contribution in [2.45, 2.75) is 44.0 Å². The highest BCUT2D eigenvalue weighted by atomic mass is 35.5. The molecule has 0 radical (unpaired) electrons. The third-order valence-electron chi connectivity index (χ3n) is 2.49. The fourth-order valence-corrected chi connectivity index (χ4v) is 3.56. The van der Waals surface area contributed by atoms with Gasteiger partial charge >= 0.3 is 0 Å². The molecule has 0 unspecified atom stereocenters. The van der Waals surface area contributed by atoms with Crippen LogP contribution < -0.4 is 0 Å². The first-order valence-corrected chi connectivity index (χ1v) is 7.66. The van der Waals surface area contributed by atoms with Gasteiger partial charge in [0, 0.05) is 24.5 Å². The van der Waals surface area contributed by atoms with Crippen LogP contribution in [0.4, 0.5) is 0 Å². The molecule has 0 atom stereocenters. The predicted molar refractivity (Wildman–Crippen MR) is 69.7 cm³/mol. The van der Waals surface area contributed by atoms with Crippen LogP contribution in [0.2, 0.25) is 0 Å². The zero-order valence-electron chi connectivity index (χ0n) is 10.4. The van der Waals surface area contributed by atoms with Crippen molar-refractivity contribution in [2.75, 3.05) is 6.54 Å². The molecule has 1 rings (SSSR count). The molecular formula is C11H19ClN2O2S. The van der Waals surface area contributed by atoms with Crippen molar-refractivity contribution in [1.29, 1.82) is 0 Å². The number of nitrogens with one attached hydrogen (secondary N) is 1. The van der Waals surface area contributed by atoms with Crippen LogP contribution in [0.25, 0.3) is 0 Å². The summed E-state index contributed by atoms with van der Waals surface area (Å²) in [6.45, 7) is 6.25. The Balaban J connectivity index is 3.07. The lowest BCUT2D eigenvalue weighted by Crippen LogP contribution is -2.37. The van der Waals surface area contributed by atoms with Crippen LogP contribution in [0.1, 0.15) is 32.9 Å². The van der Waals surface area contributed by atoms with Crippen LogP contribution in [0, 0.1) is 0 Å². The second-order valence-corrected chi connectivity index (χ2v) is 6.36. The quantitative estimate of drug-likeness (QED) is 0.813. The van der Waals surface area contributed by atoms with E-state index in [1.807, 2.05) is 20.8 Å². The van der Waals surface area contributed by atoms with E-state index in [0.717, 1.165) is 6.42 Å².